The van der Waals surface area contributed by atoms with E-state index in [1.165, 1.54) is 6.07 Å². The second-order valence-corrected chi connectivity index (χ2v) is 6.85. The molecule has 0 unspecified atom stereocenters. The Morgan fingerprint density at radius 3 is 2.35 bits per heavy atom. The van der Waals surface area contributed by atoms with Crippen LogP contribution in [0.15, 0.2) is 67.0 Å². The van der Waals surface area contributed by atoms with E-state index in [-0.39, 0.29) is 5.82 Å². The molecule has 2 amide bonds. The van der Waals surface area contributed by atoms with Gasteiger partial charge in [-0.25, -0.2) is 23.8 Å². The van der Waals surface area contributed by atoms with Crippen molar-refractivity contribution in [1.82, 2.24) is 19.7 Å². The van der Waals surface area contributed by atoms with Crippen LogP contribution < -0.4 is 16.0 Å². The van der Waals surface area contributed by atoms with E-state index in [1.54, 1.807) is 48.1 Å². The molecule has 8 nitrogen and oxygen atoms in total. The normalized spacial score (nSPS) is 10.5. The Bertz CT molecular complexity index is 1210. The third-order valence-corrected chi connectivity index (χ3v) is 4.41. The van der Waals surface area contributed by atoms with E-state index in [1.807, 2.05) is 31.3 Å². The summed E-state index contributed by atoms with van der Waals surface area (Å²) in [5, 5.41) is 12.7. The molecule has 0 fully saturated rings. The van der Waals surface area contributed by atoms with Crippen LogP contribution in [-0.4, -0.2) is 25.8 Å². The van der Waals surface area contributed by atoms with Gasteiger partial charge >= 0.3 is 6.03 Å². The van der Waals surface area contributed by atoms with Gasteiger partial charge in [0.25, 0.3) is 0 Å². The number of hydrogen-bond acceptors (Lipinski definition) is 5. The number of rotatable bonds is 5. The first kappa shape index (κ1) is 20.0. The van der Waals surface area contributed by atoms with Crippen molar-refractivity contribution < 1.29 is 9.18 Å². The molecule has 0 saturated carbocycles. The maximum atomic E-state index is 13.6. The molecule has 3 N–H and O–H groups in total. The Hall–Kier alpha value is -4.27. The predicted molar refractivity (Wildman–Crippen MR) is 117 cm³/mol. The highest BCUT2D eigenvalue weighted by Gasteiger charge is 2.07. The molecule has 4 aromatic rings. The number of nitrogens with zero attached hydrogens (tertiary/aromatic N) is 4. The van der Waals surface area contributed by atoms with Crippen molar-refractivity contribution in [2.75, 3.05) is 16.0 Å². The first-order valence-corrected chi connectivity index (χ1v) is 9.53. The quantitative estimate of drug-likeness (QED) is 0.433. The number of hydrogen-bond donors (Lipinski definition) is 3. The molecular formula is C22H20FN7O. The van der Waals surface area contributed by atoms with E-state index in [9.17, 15) is 9.18 Å². The summed E-state index contributed by atoms with van der Waals surface area (Å²) in [5.74, 6) is 1.52. The van der Waals surface area contributed by atoms with Crippen LogP contribution >= 0.6 is 0 Å². The predicted octanol–water partition coefficient (Wildman–Crippen LogP) is 4.81. The van der Waals surface area contributed by atoms with Gasteiger partial charge in [-0.2, -0.15) is 5.10 Å². The van der Waals surface area contributed by atoms with Crippen LogP contribution in [0.4, 0.5) is 32.1 Å². The zero-order chi connectivity index (χ0) is 21.8. The molecule has 0 bridgehead atoms. The number of aromatic nitrogens is 4. The van der Waals surface area contributed by atoms with Crippen molar-refractivity contribution in [3.05, 3.63) is 84.2 Å². The second-order valence-electron chi connectivity index (χ2n) is 6.85. The molecule has 0 spiro atoms. The van der Waals surface area contributed by atoms with Crippen molar-refractivity contribution in [3.8, 4) is 5.82 Å². The number of benzene rings is 2. The number of anilines is 4. The largest absolute Gasteiger partial charge is 0.340 e. The third-order valence-electron chi connectivity index (χ3n) is 4.41. The Morgan fingerprint density at radius 1 is 0.935 bits per heavy atom. The van der Waals surface area contributed by atoms with Crippen LogP contribution in [0.1, 0.15) is 11.4 Å². The number of aryl methyl sites for hydroxylation is 2. The Labute approximate surface area is 178 Å². The summed E-state index contributed by atoms with van der Waals surface area (Å²) < 4.78 is 15.3. The lowest BCUT2D eigenvalue weighted by molar-refractivity contribution is 0.262. The van der Waals surface area contributed by atoms with Crippen molar-refractivity contribution in [2.24, 2.45) is 0 Å². The van der Waals surface area contributed by atoms with E-state index in [0.29, 0.717) is 34.4 Å². The minimum atomic E-state index is -0.459. The zero-order valence-electron chi connectivity index (χ0n) is 16.9. The number of nitrogens with one attached hydrogen (secondary N) is 3. The number of amides is 2. The fraction of sp³-hybridized carbons (Fsp3) is 0.0909. The van der Waals surface area contributed by atoms with Crippen molar-refractivity contribution in [1.29, 1.82) is 0 Å². The lowest BCUT2D eigenvalue weighted by Crippen LogP contribution is -2.19. The number of carbonyl (C=O) groups excluding carboxylic acids is 1. The highest BCUT2D eigenvalue weighted by atomic mass is 19.1. The molecule has 31 heavy (non-hydrogen) atoms. The van der Waals surface area contributed by atoms with Crippen molar-refractivity contribution in [2.45, 2.75) is 13.8 Å². The van der Waals surface area contributed by atoms with E-state index < -0.39 is 6.03 Å². The molecule has 0 aliphatic rings. The lowest BCUT2D eigenvalue weighted by atomic mass is 10.2. The molecule has 2 aromatic carbocycles. The summed E-state index contributed by atoms with van der Waals surface area (Å²) in [5.41, 5.74) is 2.28. The van der Waals surface area contributed by atoms with Crippen LogP contribution in [-0.2, 0) is 0 Å². The molecule has 0 aliphatic heterocycles. The van der Waals surface area contributed by atoms with E-state index in [2.05, 4.69) is 31.0 Å². The van der Waals surface area contributed by atoms with E-state index in [4.69, 9.17) is 0 Å². The maximum absolute atomic E-state index is 13.6. The fourth-order valence-corrected chi connectivity index (χ4v) is 2.89. The van der Waals surface area contributed by atoms with Crippen LogP contribution in [0.3, 0.4) is 0 Å². The topological polar surface area (TPSA) is 96.8 Å². The molecule has 9 heteroatoms. The summed E-state index contributed by atoms with van der Waals surface area (Å²) in [6.45, 7) is 3.47. The monoisotopic (exact) mass is 417 g/mol. The second kappa shape index (κ2) is 8.62. The lowest BCUT2D eigenvalue weighted by Gasteiger charge is -2.11. The van der Waals surface area contributed by atoms with Gasteiger partial charge in [0.15, 0.2) is 5.82 Å². The summed E-state index contributed by atoms with van der Waals surface area (Å²) >= 11 is 0. The molecule has 0 atom stereocenters. The molecule has 0 aliphatic carbocycles. The molecule has 0 saturated heterocycles. The van der Waals surface area contributed by atoms with Gasteiger partial charge in [-0.3, -0.25) is 0 Å². The van der Waals surface area contributed by atoms with Gasteiger partial charge in [0.05, 0.1) is 0 Å². The standard InChI is InChI=1S/C22H20FN7O/c1-14-4-5-18(12-19(14)23)29-22(31)28-17-8-6-16(7-9-17)27-20-13-21(26-15(2)25-20)30-11-3-10-24-30/h3-13H,1-2H3,(H,25,26,27)(H2,28,29,31). The number of carbonyl (C=O) groups is 1. The molecular weight excluding hydrogens is 397 g/mol. The Kier molecular flexibility index (Phi) is 5.57. The number of urea groups is 1. The van der Waals surface area contributed by atoms with Crippen molar-refractivity contribution in [3.63, 3.8) is 0 Å². The minimum absolute atomic E-state index is 0.371. The minimum Gasteiger partial charge on any atom is -0.340 e. The van der Waals surface area contributed by atoms with Gasteiger partial charge in [0.2, 0.25) is 0 Å². The smallest absolute Gasteiger partial charge is 0.323 e. The first-order valence-electron chi connectivity index (χ1n) is 9.53. The molecule has 2 aromatic heterocycles. The van der Waals surface area contributed by atoms with Crippen LogP contribution in [0.25, 0.3) is 5.82 Å². The van der Waals surface area contributed by atoms with Crippen LogP contribution in [0, 0.1) is 19.7 Å². The summed E-state index contributed by atoms with van der Waals surface area (Å²) in [7, 11) is 0. The Balaban J connectivity index is 1.40. The fourth-order valence-electron chi connectivity index (χ4n) is 2.89. The Morgan fingerprint density at radius 2 is 1.65 bits per heavy atom. The summed E-state index contributed by atoms with van der Waals surface area (Å²) in [6, 6.07) is 14.8. The van der Waals surface area contributed by atoms with E-state index >= 15 is 0 Å². The van der Waals surface area contributed by atoms with Gasteiger partial charge < -0.3 is 16.0 Å². The molecule has 156 valence electrons. The first-order chi connectivity index (χ1) is 15.0. The summed E-state index contributed by atoms with van der Waals surface area (Å²) in [4.78, 5) is 20.9. The highest BCUT2D eigenvalue weighted by molar-refractivity contribution is 5.99. The SMILES string of the molecule is Cc1nc(Nc2ccc(NC(=O)Nc3ccc(C)c(F)c3)cc2)cc(-n2cccn2)n1. The van der Waals surface area contributed by atoms with Crippen molar-refractivity contribution >= 4 is 28.9 Å². The van der Waals surface area contributed by atoms with E-state index in [0.717, 1.165) is 5.69 Å². The van der Waals surface area contributed by atoms with Gasteiger partial charge in [0, 0.05) is 35.5 Å². The molecule has 0 radical (unpaired) electrons. The average Bonchev–Trinajstić information content (AvgIpc) is 3.27. The van der Waals surface area contributed by atoms with Gasteiger partial charge in [0.1, 0.15) is 17.5 Å². The third kappa shape index (κ3) is 5.02. The number of halogens is 1. The molecule has 4 rings (SSSR count). The maximum Gasteiger partial charge on any atom is 0.323 e. The van der Waals surface area contributed by atoms with Gasteiger partial charge in [-0.15, -0.1) is 0 Å². The van der Waals surface area contributed by atoms with Crippen LogP contribution in [0.5, 0.6) is 0 Å². The average molecular weight is 417 g/mol. The summed E-state index contributed by atoms with van der Waals surface area (Å²) in [6.07, 6.45) is 3.49. The van der Waals surface area contributed by atoms with Crippen LogP contribution in [0.2, 0.25) is 0 Å². The van der Waals surface area contributed by atoms with Gasteiger partial charge in [-0.1, -0.05) is 6.07 Å². The molecule has 2 heterocycles. The van der Waals surface area contributed by atoms with Gasteiger partial charge in [-0.05, 0) is 61.9 Å². The highest BCUT2D eigenvalue weighted by Crippen LogP contribution is 2.20. The zero-order valence-corrected chi connectivity index (χ0v) is 16.9.